The van der Waals surface area contributed by atoms with Crippen LogP contribution in [-0.4, -0.2) is 43.8 Å². The van der Waals surface area contributed by atoms with Crippen LogP contribution in [0.1, 0.15) is 32.8 Å². The number of hydrogen-bond donors (Lipinski definition) is 1. The predicted octanol–water partition coefficient (Wildman–Crippen LogP) is 5.63. The quantitative estimate of drug-likeness (QED) is 0.301. The maximum atomic E-state index is 13.9. The van der Waals surface area contributed by atoms with Crippen LogP contribution in [0.25, 0.3) is 0 Å². The molecule has 0 saturated carbocycles. The Morgan fingerprint density at radius 1 is 0.974 bits per heavy atom. The van der Waals surface area contributed by atoms with Crippen LogP contribution >= 0.6 is 27.5 Å². The summed E-state index contributed by atoms with van der Waals surface area (Å²) in [7, 11) is -4.16. The summed E-state index contributed by atoms with van der Waals surface area (Å²) in [5.41, 5.74) is 0.955. The van der Waals surface area contributed by atoms with Gasteiger partial charge >= 0.3 is 0 Å². The molecule has 0 fully saturated rings. The molecule has 0 radical (unpaired) electrons. The van der Waals surface area contributed by atoms with Gasteiger partial charge in [0.2, 0.25) is 11.8 Å². The van der Waals surface area contributed by atoms with Gasteiger partial charge in [-0.25, -0.2) is 8.42 Å². The summed E-state index contributed by atoms with van der Waals surface area (Å²) in [6.45, 7) is 5.04. The second-order valence-electron chi connectivity index (χ2n) is 8.92. The lowest BCUT2D eigenvalue weighted by Gasteiger charge is -2.32. The highest BCUT2D eigenvalue weighted by Gasteiger charge is 2.33. The smallest absolute Gasteiger partial charge is 0.264 e. The molecule has 0 bridgehead atoms. The van der Waals surface area contributed by atoms with Crippen molar-refractivity contribution >= 4 is 55.1 Å². The molecule has 3 rings (SSSR count). The van der Waals surface area contributed by atoms with Gasteiger partial charge in [-0.2, -0.15) is 0 Å². The molecule has 2 amide bonds. The molecular weight excluding hydrogens is 590 g/mol. The van der Waals surface area contributed by atoms with E-state index in [4.69, 9.17) is 11.6 Å². The number of carbonyl (C=O) groups is 2. The lowest BCUT2D eigenvalue weighted by atomic mass is 10.1. The Hall–Kier alpha value is -2.88. The number of amides is 2. The minimum atomic E-state index is -4.16. The maximum Gasteiger partial charge on any atom is 0.264 e. The number of nitrogens with one attached hydrogen (secondary N) is 1. The van der Waals surface area contributed by atoms with Crippen LogP contribution in [0.4, 0.5) is 5.69 Å². The first-order chi connectivity index (χ1) is 18.0. The Morgan fingerprint density at radius 3 is 2.26 bits per heavy atom. The zero-order valence-electron chi connectivity index (χ0n) is 21.5. The highest BCUT2D eigenvalue weighted by atomic mass is 79.9. The fourth-order valence-corrected chi connectivity index (χ4v) is 5.96. The highest BCUT2D eigenvalue weighted by Crippen LogP contribution is 2.30. The van der Waals surface area contributed by atoms with Gasteiger partial charge in [-0.3, -0.25) is 13.9 Å². The molecule has 0 spiro atoms. The van der Waals surface area contributed by atoms with E-state index in [2.05, 4.69) is 21.2 Å². The fraction of sp³-hybridized carbons (Fsp3) is 0.286. The number of hydrogen-bond acceptors (Lipinski definition) is 4. The van der Waals surface area contributed by atoms with Crippen molar-refractivity contribution in [2.24, 2.45) is 0 Å². The minimum absolute atomic E-state index is 0.0221. The molecule has 7 nitrogen and oxygen atoms in total. The monoisotopic (exact) mass is 619 g/mol. The Morgan fingerprint density at radius 2 is 1.63 bits per heavy atom. The molecule has 3 aromatic carbocycles. The number of nitrogens with zero attached hydrogens (tertiary/aromatic N) is 2. The average molecular weight is 621 g/mol. The molecule has 0 aliphatic heterocycles. The molecule has 10 heteroatoms. The Kier molecular flexibility index (Phi) is 10.4. The Labute approximate surface area is 238 Å². The molecule has 0 aliphatic carbocycles. The van der Waals surface area contributed by atoms with E-state index in [9.17, 15) is 18.0 Å². The van der Waals surface area contributed by atoms with Crippen LogP contribution in [0.15, 0.2) is 88.2 Å². The van der Waals surface area contributed by atoms with Crippen molar-refractivity contribution in [1.29, 1.82) is 0 Å². The summed E-state index contributed by atoms with van der Waals surface area (Å²) in [5.74, 6) is -0.867. The summed E-state index contributed by atoms with van der Waals surface area (Å²) in [4.78, 5) is 28.4. The topological polar surface area (TPSA) is 86.8 Å². The van der Waals surface area contributed by atoms with Gasteiger partial charge in [0.05, 0.1) is 15.6 Å². The molecule has 0 saturated heterocycles. The summed E-state index contributed by atoms with van der Waals surface area (Å²) in [6.07, 6.45) is 0.730. The molecule has 0 aromatic heterocycles. The second-order valence-corrected chi connectivity index (χ2v) is 12.1. The van der Waals surface area contributed by atoms with Crippen LogP contribution in [0.5, 0.6) is 0 Å². The number of carbonyl (C=O) groups excluding carboxylic acids is 2. The fourth-order valence-electron chi connectivity index (χ4n) is 3.77. The lowest BCUT2D eigenvalue weighted by Crippen LogP contribution is -2.52. The second kappa shape index (κ2) is 13.3. The van der Waals surface area contributed by atoms with E-state index in [1.807, 2.05) is 38.1 Å². The van der Waals surface area contributed by atoms with Crippen LogP contribution < -0.4 is 9.62 Å². The minimum Gasteiger partial charge on any atom is -0.352 e. The normalized spacial score (nSPS) is 12.9. The lowest BCUT2D eigenvalue weighted by molar-refractivity contribution is -0.139. The Balaban J connectivity index is 2.03. The van der Waals surface area contributed by atoms with Crippen molar-refractivity contribution in [3.8, 4) is 0 Å². The van der Waals surface area contributed by atoms with Gasteiger partial charge in [-0.1, -0.05) is 76.9 Å². The number of anilines is 1. The third kappa shape index (κ3) is 7.36. The number of rotatable bonds is 11. The molecule has 1 N–H and O–H groups in total. The van der Waals surface area contributed by atoms with E-state index in [-0.39, 0.29) is 34.1 Å². The predicted molar refractivity (Wildman–Crippen MR) is 154 cm³/mol. The summed E-state index contributed by atoms with van der Waals surface area (Å²) >= 11 is 9.85. The van der Waals surface area contributed by atoms with Crippen molar-refractivity contribution < 1.29 is 18.0 Å². The maximum absolute atomic E-state index is 13.9. The molecule has 3 aromatic rings. The standard InChI is InChI=1S/C28H31BrClN3O4S/c1-4-20(2)31-28(35)21(3)32(18-22-11-10-12-23(29)17-22)27(34)19-33(26-16-9-8-15-25(26)30)38(36,37)24-13-6-5-7-14-24/h5-17,20-21H,4,18-19H2,1-3H3,(H,31,35)/t20-,21-/m0/s1. The van der Waals surface area contributed by atoms with E-state index in [1.165, 1.54) is 17.0 Å². The Bertz CT molecular complexity index is 1370. The zero-order valence-corrected chi connectivity index (χ0v) is 24.6. The number of halogens is 2. The number of benzene rings is 3. The first-order valence-electron chi connectivity index (χ1n) is 12.2. The van der Waals surface area contributed by atoms with Gasteiger partial charge in [-0.15, -0.1) is 0 Å². The van der Waals surface area contributed by atoms with E-state index in [1.54, 1.807) is 49.4 Å². The first-order valence-corrected chi connectivity index (χ1v) is 14.8. The van der Waals surface area contributed by atoms with E-state index in [0.717, 1.165) is 20.8 Å². The molecular formula is C28H31BrClN3O4S. The first kappa shape index (κ1) is 29.7. The van der Waals surface area contributed by atoms with Crippen molar-refractivity contribution in [3.63, 3.8) is 0 Å². The van der Waals surface area contributed by atoms with Gasteiger partial charge in [0.15, 0.2) is 0 Å². The summed E-state index contributed by atoms with van der Waals surface area (Å²) < 4.78 is 29.3. The van der Waals surface area contributed by atoms with Crippen LogP contribution in [-0.2, 0) is 26.2 Å². The number of para-hydroxylation sites is 1. The molecule has 38 heavy (non-hydrogen) atoms. The number of sulfonamides is 1. The third-order valence-electron chi connectivity index (χ3n) is 6.14. The molecule has 0 unspecified atom stereocenters. The van der Waals surface area contributed by atoms with Crippen molar-refractivity contribution in [2.75, 3.05) is 10.8 Å². The summed E-state index contributed by atoms with van der Waals surface area (Å²) in [5, 5.41) is 3.10. The van der Waals surface area contributed by atoms with Crippen molar-refractivity contribution in [2.45, 2.75) is 50.7 Å². The zero-order chi connectivity index (χ0) is 27.9. The SMILES string of the molecule is CC[C@H](C)NC(=O)[C@H](C)N(Cc1cccc(Br)c1)C(=O)CN(c1ccccc1Cl)S(=O)(=O)c1ccccc1. The molecule has 2 atom stereocenters. The third-order valence-corrected chi connectivity index (χ3v) is 8.73. The average Bonchev–Trinajstić information content (AvgIpc) is 2.90. The van der Waals surface area contributed by atoms with Gasteiger partial charge in [0, 0.05) is 17.1 Å². The van der Waals surface area contributed by atoms with Crippen molar-refractivity contribution in [3.05, 3.63) is 93.9 Å². The molecule has 202 valence electrons. The summed E-state index contributed by atoms with van der Waals surface area (Å²) in [6, 6.07) is 20.8. The molecule has 0 aliphatic rings. The van der Waals surface area contributed by atoms with Crippen LogP contribution in [0.2, 0.25) is 5.02 Å². The van der Waals surface area contributed by atoms with Crippen molar-refractivity contribution in [1.82, 2.24) is 10.2 Å². The van der Waals surface area contributed by atoms with Gasteiger partial charge in [-0.05, 0) is 62.2 Å². The highest BCUT2D eigenvalue weighted by molar-refractivity contribution is 9.10. The van der Waals surface area contributed by atoms with Gasteiger partial charge in [0.25, 0.3) is 10.0 Å². The van der Waals surface area contributed by atoms with E-state index >= 15 is 0 Å². The largest absolute Gasteiger partial charge is 0.352 e. The van der Waals surface area contributed by atoms with Crippen LogP contribution in [0.3, 0.4) is 0 Å². The van der Waals surface area contributed by atoms with E-state index in [0.29, 0.717) is 0 Å². The molecule has 0 heterocycles. The van der Waals surface area contributed by atoms with Gasteiger partial charge in [0.1, 0.15) is 12.6 Å². The van der Waals surface area contributed by atoms with Gasteiger partial charge < -0.3 is 10.2 Å². The van der Waals surface area contributed by atoms with Crippen LogP contribution in [0, 0.1) is 0 Å². The van der Waals surface area contributed by atoms with E-state index < -0.39 is 28.5 Å².